The third kappa shape index (κ3) is 4.35. The van der Waals surface area contributed by atoms with Crippen molar-refractivity contribution < 1.29 is 9.59 Å². The van der Waals surface area contributed by atoms with E-state index in [9.17, 15) is 9.59 Å². The van der Waals surface area contributed by atoms with Crippen LogP contribution in [-0.2, 0) is 4.79 Å². The Morgan fingerprint density at radius 3 is 2.74 bits per heavy atom. The maximum Gasteiger partial charge on any atom is 0.277 e. The molecule has 2 aromatic rings. The van der Waals surface area contributed by atoms with Gasteiger partial charge >= 0.3 is 0 Å². The van der Waals surface area contributed by atoms with E-state index in [-0.39, 0.29) is 23.0 Å². The largest absolute Gasteiger partial charge is 0.350 e. The SMILES string of the molecule is Cc1c(C(=O)N2CSCC2C(=O)NC(C)(C)C)nnn1-c1cccc(Br)c1. The summed E-state index contributed by atoms with van der Waals surface area (Å²) in [6.45, 7) is 7.58. The van der Waals surface area contributed by atoms with Gasteiger partial charge in [0.25, 0.3) is 5.91 Å². The van der Waals surface area contributed by atoms with E-state index in [0.29, 0.717) is 17.3 Å². The van der Waals surface area contributed by atoms with Gasteiger partial charge in [-0.1, -0.05) is 27.2 Å². The van der Waals surface area contributed by atoms with Crippen molar-refractivity contribution in [1.29, 1.82) is 0 Å². The van der Waals surface area contributed by atoms with Gasteiger partial charge in [-0.3, -0.25) is 9.59 Å². The van der Waals surface area contributed by atoms with E-state index in [1.807, 2.05) is 52.0 Å². The van der Waals surface area contributed by atoms with E-state index in [0.717, 1.165) is 10.2 Å². The summed E-state index contributed by atoms with van der Waals surface area (Å²) < 4.78 is 2.54. The van der Waals surface area contributed by atoms with E-state index < -0.39 is 6.04 Å². The number of thioether (sulfide) groups is 1. The van der Waals surface area contributed by atoms with Crippen molar-refractivity contribution in [2.75, 3.05) is 11.6 Å². The molecule has 9 heteroatoms. The average molecular weight is 452 g/mol. The van der Waals surface area contributed by atoms with Gasteiger partial charge in [0, 0.05) is 15.8 Å². The predicted molar refractivity (Wildman–Crippen MR) is 109 cm³/mol. The molecule has 2 heterocycles. The molecule has 0 radical (unpaired) electrons. The van der Waals surface area contributed by atoms with Crippen LogP contribution in [0.2, 0.25) is 0 Å². The zero-order chi connectivity index (χ0) is 19.8. The Bertz CT molecular complexity index is 877. The Kier molecular flexibility index (Phi) is 5.62. The number of carbonyl (C=O) groups is 2. The summed E-state index contributed by atoms with van der Waals surface area (Å²) in [6, 6.07) is 7.11. The molecule has 1 N–H and O–H groups in total. The average Bonchev–Trinajstić information content (AvgIpc) is 3.19. The van der Waals surface area contributed by atoms with Crippen LogP contribution < -0.4 is 5.32 Å². The molecule has 144 valence electrons. The number of carbonyl (C=O) groups excluding carboxylic acids is 2. The molecule has 1 aromatic heterocycles. The standard InChI is InChI=1S/C18H22BrN5O2S/c1-11-15(21-22-24(11)13-7-5-6-12(19)8-13)17(26)23-10-27-9-14(23)16(25)20-18(2,3)4/h5-8,14H,9-10H2,1-4H3,(H,20,25). The quantitative estimate of drug-likeness (QED) is 0.775. The summed E-state index contributed by atoms with van der Waals surface area (Å²) in [5.41, 5.74) is 1.38. The molecule has 1 aliphatic heterocycles. The molecule has 0 saturated carbocycles. The summed E-state index contributed by atoms with van der Waals surface area (Å²) in [6.07, 6.45) is 0. The molecule has 2 amide bonds. The first kappa shape index (κ1) is 19.9. The third-order valence-electron chi connectivity index (χ3n) is 4.09. The molecule has 0 aliphatic carbocycles. The normalized spacial score (nSPS) is 17.2. The van der Waals surface area contributed by atoms with Crippen molar-refractivity contribution in [3.63, 3.8) is 0 Å². The molecular formula is C18H22BrN5O2S. The van der Waals surface area contributed by atoms with Crippen LogP contribution in [0.5, 0.6) is 0 Å². The second-order valence-corrected chi connectivity index (χ2v) is 9.36. The smallest absolute Gasteiger partial charge is 0.277 e. The molecule has 1 unspecified atom stereocenters. The molecule has 7 nitrogen and oxygen atoms in total. The minimum atomic E-state index is -0.503. The first-order valence-corrected chi connectivity index (χ1v) is 10.5. The van der Waals surface area contributed by atoms with Crippen LogP contribution in [0.4, 0.5) is 0 Å². The third-order valence-corrected chi connectivity index (χ3v) is 5.60. The molecule has 0 spiro atoms. The number of hydrogen-bond acceptors (Lipinski definition) is 5. The number of nitrogens with one attached hydrogen (secondary N) is 1. The van der Waals surface area contributed by atoms with Crippen LogP contribution in [-0.4, -0.2) is 54.9 Å². The molecular weight excluding hydrogens is 430 g/mol. The van der Waals surface area contributed by atoms with E-state index in [1.54, 1.807) is 21.3 Å². The molecule has 1 aromatic carbocycles. The Hall–Kier alpha value is -1.87. The minimum Gasteiger partial charge on any atom is -0.350 e. The molecule has 3 rings (SSSR count). The molecule has 1 saturated heterocycles. The molecule has 1 aliphatic rings. The second-order valence-electron chi connectivity index (χ2n) is 7.45. The fourth-order valence-corrected chi connectivity index (χ4v) is 4.37. The molecule has 0 bridgehead atoms. The van der Waals surface area contributed by atoms with E-state index >= 15 is 0 Å². The topological polar surface area (TPSA) is 80.1 Å². The van der Waals surface area contributed by atoms with Crippen LogP contribution in [0.1, 0.15) is 37.0 Å². The Labute approximate surface area is 171 Å². The fraction of sp³-hybridized carbons (Fsp3) is 0.444. The highest BCUT2D eigenvalue weighted by atomic mass is 79.9. The Balaban J connectivity index is 1.84. The summed E-state index contributed by atoms with van der Waals surface area (Å²) in [7, 11) is 0. The highest BCUT2D eigenvalue weighted by Gasteiger charge is 2.38. The summed E-state index contributed by atoms with van der Waals surface area (Å²) in [5.74, 6) is 0.627. The van der Waals surface area contributed by atoms with E-state index in [2.05, 4.69) is 31.6 Å². The van der Waals surface area contributed by atoms with Gasteiger partial charge in [0.1, 0.15) is 6.04 Å². The molecule has 27 heavy (non-hydrogen) atoms. The molecule has 1 fully saturated rings. The van der Waals surface area contributed by atoms with Crippen LogP contribution in [0, 0.1) is 6.92 Å². The number of hydrogen-bond donors (Lipinski definition) is 1. The fourth-order valence-electron chi connectivity index (χ4n) is 2.83. The van der Waals surface area contributed by atoms with Crippen LogP contribution in [0.15, 0.2) is 28.7 Å². The second kappa shape index (κ2) is 7.63. The van der Waals surface area contributed by atoms with Gasteiger partial charge in [-0.25, -0.2) is 4.68 Å². The lowest BCUT2D eigenvalue weighted by Gasteiger charge is -2.27. The van der Waals surface area contributed by atoms with Crippen molar-refractivity contribution in [2.24, 2.45) is 0 Å². The number of amides is 2. The number of benzene rings is 1. The minimum absolute atomic E-state index is 0.141. The monoisotopic (exact) mass is 451 g/mol. The van der Waals surface area contributed by atoms with Crippen LogP contribution in [0.3, 0.4) is 0 Å². The van der Waals surface area contributed by atoms with Crippen LogP contribution in [0.25, 0.3) is 5.69 Å². The Morgan fingerprint density at radius 2 is 2.07 bits per heavy atom. The molecule has 1 atom stereocenters. The van der Waals surface area contributed by atoms with Crippen molar-refractivity contribution in [3.8, 4) is 5.69 Å². The number of aromatic nitrogens is 3. The van der Waals surface area contributed by atoms with Crippen molar-refractivity contribution in [1.82, 2.24) is 25.2 Å². The van der Waals surface area contributed by atoms with E-state index in [1.165, 1.54) is 0 Å². The van der Waals surface area contributed by atoms with Crippen molar-refractivity contribution >= 4 is 39.5 Å². The highest BCUT2D eigenvalue weighted by Crippen LogP contribution is 2.25. The van der Waals surface area contributed by atoms with Crippen molar-refractivity contribution in [3.05, 3.63) is 40.1 Å². The zero-order valence-corrected chi connectivity index (χ0v) is 18.1. The maximum absolute atomic E-state index is 13.1. The summed E-state index contributed by atoms with van der Waals surface area (Å²) in [4.78, 5) is 27.2. The Morgan fingerprint density at radius 1 is 1.33 bits per heavy atom. The van der Waals surface area contributed by atoms with Gasteiger partial charge < -0.3 is 10.2 Å². The predicted octanol–water partition coefficient (Wildman–Crippen LogP) is 2.77. The summed E-state index contributed by atoms with van der Waals surface area (Å²) >= 11 is 5.00. The summed E-state index contributed by atoms with van der Waals surface area (Å²) in [5, 5.41) is 11.2. The van der Waals surface area contributed by atoms with Crippen molar-refractivity contribution in [2.45, 2.75) is 39.3 Å². The lowest BCUT2D eigenvalue weighted by atomic mass is 10.1. The zero-order valence-electron chi connectivity index (χ0n) is 15.7. The van der Waals surface area contributed by atoms with Gasteiger partial charge in [-0.15, -0.1) is 16.9 Å². The number of nitrogens with zero attached hydrogens (tertiary/aromatic N) is 4. The first-order chi connectivity index (χ1) is 12.7. The first-order valence-electron chi connectivity index (χ1n) is 8.56. The lowest BCUT2D eigenvalue weighted by Crippen LogP contribution is -2.52. The maximum atomic E-state index is 13.1. The van der Waals surface area contributed by atoms with Gasteiger partial charge in [0.05, 0.1) is 17.3 Å². The lowest BCUT2D eigenvalue weighted by molar-refractivity contribution is -0.125. The van der Waals surface area contributed by atoms with Gasteiger partial charge in [-0.05, 0) is 45.9 Å². The van der Waals surface area contributed by atoms with Crippen LogP contribution >= 0.6 is 27.7 Å². The highest BCUT2D eigenvalue weighted by molar-refractivity contribution is 9.10. The van der Waals surface area contributed by atoms with Gasteiger partial charge in [0.2, 0.25) is 5.91 Å². The van der Waals surface area contributed by atoms with Gasteiger partial charge in [-0.2, -0.15) is 0 Å². The van der Waals surface area contributed by atoms with Gasteiger partial charge in [0.15, 0.2) is 5.69 Å². The van der Waals surface area contributed by atoms with E-state index in [4.69, 9.17) is 0 Å². The number of rotatable bonds is 3. The number of halogens is 1.